The fourth-order valence-electron chi connectivity index (χ4n) is 1.58. The van der Waals surface area contributed by atoms with E-state index in [1.54, 1.807) is 5.38 Å². The zero-order chi connectivity index (χ0) is 14.9. The Bertz CT molecular complexity index is 783. The molecule has 3 N–H and O–H groups in total. The molecule has 0 amide bonds. The van der Waals surface area contributed by atoms with Gasteiger partial charge in [0.05, 0.1) is 16.1 Å². The van der Waals surface area contributed by atoms with E-state index in [4.69, 9.17) is 11.0 Å². The van der Waals surface area contributed by atoms with Crippen molar-refractivity contribution in [2.75, 3.05) is 10.5 Å². The second-order valence-corrected chi connectivity index (χ2v) is 6.62. The first-order chi connectivity index (χ1) is 9.35. The summed E-state index contributed by atoms with van der Waals surface area (Å²) in [6.07, 6.45) is 0. The van der Waals surface area contributed by atoms with Gasteiger partial charge in [0.25, 0.3) is 10.0 Å². The van der Waals surface area contributed by atoms with E-state index in [1.165, 1.54) is 19.1 Å². The Morgan fingerprint density at radius 3 is 2.75 bits per heavy atom. The van der Waals surface area contributed by atoms with Crippen LogP contribution in [0.1, 0.15) is 11.1 Å². The minimum atomic E-state index is -3.91. The number of nitrogens with one attached hydrogen (secondary N) is 1. The maximum absolute atomic E-state index is 13.4. The summed E-state index contributed by atoms with van der Waals surface area (Å²) < 4.78 is 40.1. The third kappa shape index (κ3) is 2.59. The van der Waals surface area contributed by atoms with Gasteiger partial charge >= 0.3 is 0 Å². The molecule has 5 nitrogen and oxygen atoms in total. The average Bonchev–Trinajstić information content (AvgIpc) is 2.81. The number of nitrogens with zero attached hydrogens (tertiary/aromatic N) is 1. The maximum Gasteiger partial charge on any atom is 0.262 e. The number of benzene rings is 1. The van der Waals surface area contributed by atoms with Gasteiger partial charge in [0.15, 0.2) is 0 Å². The molecule has 0 fully saturated rings. The number of nitrogen functional groups attached to an aromatic ring is 1. The molecule has 1 heterocycles. The molecule has 1 aromatic carbocycles. The van der Waals surface area contributed by atoms with Crippen LogP contribution in [-0.4, -0.2) is 8.42 Å². The monoisotopic (exact) mass is 311 g/mol. The third-order valence-electron chi connectivity index (χ3n) is 2.58. The largest absolute Gasteiger partial charge is 0.396 e. The Morgan fingerprint density at radius 1 is 1.45 bits per heavy atom. The predicted octanol–water partition coefficient (Wildman–Crippen LogP) is 2.45. The zero-order valence-corrected chi connectivity index (χ0v) is 12.0. The van der Waals surface area contributed by atoms with Crippen LogP contribution < -0.4 is 10.5 Å². The molecule has 8 heteroatoms. The van der Waals surface area contributed by atoms with Crippen LogP contribution in [0, 0.1) is 24.1 Å². The normalized spacial score (nSPS) is 11.1. The minimum Gasteiger partial charge on any atom is -0.396 e. The van der Waals surface area contributed by atoms with Gasteiger partial charge in [-0.05, 0) is 36.1 Å². The first-order valence-electron chi connectivity index (χ1n) is 5.41. The Balaban J connectivity index is 2.44. The summed E-state index contributed by atoms with van der Waals surface area (Å²) in [4.78, 5) is -0.147. The topological polar surface area (TPSA) is 96.0 Å². The number of halogens is 1. The molecule has 2 aromatic rings. The standard InChI is InChI=1S/C12H10FN3O2S2/c1-7-4-9(5-10(15)11(7)13)20(17,18)16-12-8(6-14)2-3-19-12/h2-5,16H,15H2,1H3. The number of hydrogen-bond acceptors (Lipinski definition) is 5. The Hall–Kier alpha value is -2.11. The number of nitrogens with two attached hydrogens (primary N) is 1. The van der Waals surface area contributed by atoms with Crippen molar-refractivity contribution in [2.24, 2.45) is 0 Å². The van der Waals surface area contributed by atoms with Crippen LogP contribution in [0.2, 0.25) is 0 Å². The SMILES string of the molecule is Cc1cc(S(=O)(=O)Nc2sccc2C#N)cc(N)c1F. The van der Waals surface area contributed by atoms with Gasteiger partial charge in [-0.3, -0.25) is 4.72 Å². The molecular weight excluding hydrogens is 301 g/mol. The summed E-state index contributed by atoms with van der Waals surface area (Å²) in [5.74, 6) is -0.641. The zero-order valence-electron chi connectivity index (χ0n) is 10.3. The molecular formula is C12H10FN3O2S2. The van der Waals surface area contributed by atoms with Crippen molar-refractivity contribution in [1.29, 1.82) is 5.26 Å². The van der Waals surface area contributed by atoms with E-state index >= 15 is 0 Å². The smallest absolute Gasteiger partial charge is 0.262 e. The molecule has 2 rings (SSSR count). The molecule has 1 aromatic heterocycles. The Morgan fingerprint density at radius 2 is 2.15 bits per heavy atom. The van der Waals surface area contributed by atoms with Crippen molar-refractivity contribution in [2.45, 2.75) is 11.8 Å². The van der Waals surface area contributed by atoms with Crippen LogP contribution in [0.3, 0.4) is 0 Å². The highest BCUT2D eigenvalue weighted by molar-refractivity contribution is 7.93. The summed E-state index contributed by atoms with van der Waals surface area (Å²) in [5, 5.41) is 10.7. The lowest BCUT2D eigenvalue weighted by atomic mass is 10.2. The van der Waals surface area contributed by atoms with Gasteiger partial charge in [0.2, 0.25) is 0 Å². The second-order valence-electron chi connectivity index (χ2n) is 4.02. The number of thiophene rings is 1. The van der Waals surface area contributed by atoms with Crippen LogP contribution in [-0.2, 0) is 10.0 Å². The fraction of sp³-hybridized carbons (Fsp3) is 0.0833. The molecule has 0 aliphatic heterocycles. The fourth-order valence-corrected chi connectivity index (χ4v) is 3.76. The molecule has 0 aliphatic rings. The van der Waals surface area contributed by atoms with Crippen molar-refractivity contribution in [3.63, 3.8) is 0 Å². The van der Waals surface area contributed by atoms with Gasteiger partial charge < -0.3 is 5.73 Å². The summed E-state index contributed by atoms with van der Waals surface area (Å²) >= 11 is 1.09. The lowest BCUT2D eigenvalue weighted by Crippen LogP contribution is -2.14. The van der Waals surface area contributed by atoms with Crippen molar-refractivity contribution in [3.8, 4) is 6.07 Å². The van der Waals surface area contributed by atoms with Crippen LogP contribution in [0.25, 0.3) is 0 Å². The molecule has 0 unspecified atom stereocenters. The van der Waals surface area contributed by atoms with Gasteiger partial charge in [0, 0.05) is 0 Å². The van der Waals surface area contributed by atoms with E-state index in [2.05, 4.69) is 4.72 Å². The summed E-state index contributed by atoms with van der Waals surface area (Å²) in [6.45, 7) is 1.43. The second kappa shape index (κ2) is 5.11. The lowest BCUT2D eigenvalue weighted by molar-refractivity contribution is 0.599. The molecule has 0 atom stereocenters. The minimum absolute atomic E-state index is 0.136. The number of rotatable bonds is 3. The summed E-state index contributed by atoms with van der Waals surface area (Å²) in [5.41, 5.74) is 5.56. The quantitative estimate of drug-likeness (QED) is 0.851. The van der Waals surface area contributed by atoms with Gasteiger partial charge in [0.1, 0.15) is 16.9 Å². The molecule has 0 spiro atoms. The van der Waals surface area contributed by atoms with Crippen molar-refractivity contribution in [3.05, 3.63) is 40.5 Å². The van der Waals surface area contributed by atoms with Gasteiger partial charge in [-0.15, -0.1) is 11.3 Å². The molecule has 104 valence electrons. The number of anilines is 2. The first kappa shape index (κ1) is 14.3. The lowest BCUT2D eigenvalue weighted by Gasteiger charge is -2.09. The molecule has 20 heavy (non-hydrogen) atoms. The average molecular weight is 311 g/mol. The molecule has 0 radical (unpaired) electrons. The molecule has 0 bridgehead atoms. The number of aryl methyl sites for hydroxylation is 1. The van der Waals surface area contributed by atoms with Crippen LogP contribution in [0.4, 0.5) is 15.1 Å². The molecule has 0 saturated heterocycles. The van der Waals surface area contributed by atoms with E-state index in [0.29, 0.717) is 0 Å². The van der Waals surface area contributed by atoms with E-state index in [0.717, 1.165) is 17.4 Å². The predicted molar refractivity (Wildman–Crippen MR) is 75.4 cm³/mol. The summed E-state index contributed by atoms with van der Waals surface area (Å²) in [7, 11) is -3.91. The number of hydrogen-bond donors (Lipinski definition) is 2. The third-order valence-corrected chi connectivity index (χ3v) is 4.87. The van der Waals surface area contributed by atoms with E-state index < -0.39 is 15.8 Å². The van der Waals surface area contributed by atoms with E-state index in [-0.39, 0.29) is 26.7 Å². The number of nitriles is 1. The maximum atomic E-state index is 13.4. The van der Waals surface area contributed by atoms with Gasteiger partial charge in [-0.2, -0.15) is 5.26 Å². The van der Waals surface area contributed by atoms with Gasteiger partial charge in [-0.25, -0.2) is 12.8 Å². The molecule has 0 aliphatic carbocycles. The van der Waals surface area contributed by atoms with E-state index in [9.17, 15) is 12.8 Å². The van der Waals surface area contributed by atoms with Crippen molar-refractivity contribution < 1.29 is 12.8 Å². The van der Waals surface area contributed by atoms with Crippen LogP contribution in [0.5, 0.6) is 0 Å². The Labute approximate surface area is 119 Å². The molecule has 0 saturated carbocycles. The highest BCUT2D eigenvalue weighted by Gasteiger charge is 2.19. The highest BCUT2D eigenvalue weighted by Crippen LogP contribution is 2.27. The summed E-state index contributed by atoms with van der Waals surface area (Å²) in [6, 6.07) is 5.62. The van der Waals surface area contributed by atoms with Crippen LogP contribution in [0.15, 0.2) is 28.5 Å². The highest BCUT2D eigenvalue weighted by atomic mass is 32.2. The van der Waals surface area contributed by atoms with Gasteiger partial charge in [-0.1, -0.05) is 0 Å². The first-order valence-corrected chi connectivity index (χ1v) is 7.77. The van der Waals surface area contributed by atoms with Crippen molar-refractivity contribution in [1.82, 2.24) is 0 Å². The number of sulfonamides is 1. The van der Waals surface area contributed by atoms with E-state index in [1.807, 2.05) is 6.07 Å². The van der Waals surface area contributed by atoms with Crippen molar-refractivity contribution >= 4 is 32.0 Å². The Kier molecular flexibility index (Phi) is 3.65. The van der Waals surface area contributed by atoms with Crippen LogP contribution >= 0.6 is 11.3 Å².